The summed E-state index contributed by atoms with van der Waals surface area (Å²) in [5, 5.41) is 21.3. The second-order valence-corrected chi connectivity index (χ2v) is 6.23. The topological polar surface area (TPSA) is 107 Å². The molecule has 2 amide bonds. The van der Waals surface area contributed by atoms with Crippen molar-refractivity contribution in [2.75, 3.05) is 6.54 Å². The first-order valence-electron chi connectivity index (χ1n) is 6.52. The normalized spacial score (nSPS) is 24.4. The highest BCUT2D eigenvalue weighted by Crippen LogP contribution is 2.26. The largest absolute Gasteiger partial charge is 0.480 e. The maximum atomic E-state index is 12.5. The van der Waals surface area contributed by atoms with E-state index >= 15 is 0 Å². The zero-order valence-electron chi connectivity index (χ0n) is 12.2. The summed E-state index contributed by atoms with van der Waals surface area (Å²) in [6.45, 7) is 6.64. The van der Waals surface area contributed by atoms with Gasteiger partial charge in [-0.25, -0.2) is 4.79 Å². The van der Waals surface area contributed by atoms with Crippen molar-refractivity contribution in [2.45, 2.75) is 52.3 Å². The van der Waals surface area contributed by atoms with E-state index in [9.17, 15) is 19.5 Å². The molecule has 3 atom stereocenters. The van der Waals surface area contributed by atoms with Crippen molar-refractivity contribution in [3.05, 3.63) is 0 Å². The number of carbonyl (C=O) groups excluding carboxylic acids is 2. The summed E-state index contributed by atoms with van der Waals surface area (Å²) >= 11 is 0. The molecule has 0 spiro atoms. The molecular formula is C13H22N2O5. The first kappa shape index (κ1) is 16.4. The van der Waals surface area contributed by atoms with Gasteiger partial charge in [-0.1, -0.05) is 20.8 Å². The second-order valence-electron chi connectivity index (χ2n) is 6.23. The maximum absolute atomic E-state index is 12.5. The SMILES string of the molecule is CC(=O)N[C@H](C(=O)N1C[C@H](O)C[C@H]1C(=O)O)C(C)(C)C. The van der Waals surface area contributed by atoms with Crippen molar-refractivity contribution in [1.82, 2.24) is 10.2 Å². The number of β-amino-alcohol motifs (C(OH)–C–C–N with tert-alkyl or cyclic N) is 1. The van der Waals surface area contributed by atoms with Gasteiger partial charge in [0.2, 0.25) is 11.8 Å². The van der Waals surface area contributed by atoms with E-state index in [0.717, 1.165) is 4.90 Å². The molecule has 1 aliphatic rings. The van der Waals surface area contributed by atoms with Crippen LogP contribution in [0.3, 0.4) is 0 Å². The summed E-state index contributed by atoms with van der Waals surface area (Å²) in [4.78, 5) is 36.1. The molecule has 1 heterocycles. The van der Waals surface area contributed by atoms with E-state index in [1.807, 2.05) is 0 Å². The average Bonchev–Trinajstić information content (AvgIpc) is 2.65. The molecule has 20 heavy (non-hydrogen) atoms. The van der Waals surface area contributed by atoms with Crippen molar-refractivity contribution < 1.29 is 24.6 Å². The van der Waals surface area contributed by atoms with E-state index in [0.29, 0.717) is 0 Å². The fourth-order valence-electron chi connectivity index (χ4n) is 2.31. The predicted octanol–water partition coefficient (Wildman–Crippen LogP) is -0.416. The number of hydrogen-bond acceptors (Lipinski definition) is 4. The number of carboxylic acids is 1. The van der Waals surface area contributed by atoms with E-state index in [1.54, 1.807) is 20.8 Å². The standard InChI is InChI=1S/C13H22N2O5/c1-7(16)14-10(13(2,3)4)11(18)15-6-8(17)5-9(15)12(19)20/h8-10,17H,5-6H2,1-4H3,(H,14,16)(H,19,20)/t8-,9+,10-/m1/s1. The third-order valence-corrected chi connectivity index (χ3v) is 3.31. The van der Waals surface area contributed by atoms with Gasteiger partial charge in [0.05, 0.1) is 6.10 Å². The van der Waals surface area contributed by atoms with Crippen LogP contribution in [0.4, 0.5) is 0 Å². The van der Waals surface area contributed by atoms with Crippen LogP contribution in [0.2, 0.25) is 0 Å². The van der Waals surface area contributed by atoms with Crippen LogP contribution in [-0.4, -0.2) is 57.6 Å². The van der Waals surface area contributed by atoms with Crippen molar-refractivity contribution in [2.24, 2.45) is 5.41 Å². The number of nitrogens with zero attached hydrogens (tertiary/aromatic N) is 1. The van der Waals surface area contributed by atoms with Gasteiger partial charge >= 0.3 is 5.97 Å². The monoisotopic (exact) mass is 286 g/mol. The van der Waals surface area contributed by atoms with Crippen LogP contribution in [0.15, 0.2) is 0 Å². The van der Waals surface area contributed by atoms with Crippen LogP contribution in [0.5, 0.6) is 0 Å². The fourth-order valence-corrected chi connectivity index (χ4v) is 2.31. The minimum atomic E-state index is -1.15. The smallest absolute Gasteiger partial charge is 0.326 e. The van der Waals surface area contributed by atoms with Crippen LogP contribution in [-0.2, 0) is 14.4 Å². The number of hydrogen-bond donors (Lipinski definition) is 3. The highest BCUT2D eigenvalue weighted by molar-refractivity contribution is 5.91. The number of rotatable bonds is 3. The minimum Gasteiger partial charge on any atom is -0.480 e. The number of likely N-dealkylation sites (tertiary alicyclic amines) is 1. The third-order valence-electron chi connectivity index (χ3n) is 3.31. The van der Waals surface area contributed by atoms with Gasteiger partial charge in [0, 0.05) is 19.9 Å². The summed E-state index contributed by atoms with van der Waals surface area (Å²) in [6.07, 6.45) is -0.837. The summed E-state index contributed by atoms with van der Waals surface area (Å²) in [5.74, 6) is -1.98. The Balaban J connectivity index is 2.99. The lowest BCUT2D eigenvalue weighted by molar-refractivity contribution is -0.150. The van der Waals surface area contributed by atoms with Gasteiger partial charge in [0.1, 0.15) is 12.1 Å². The zero-order valence-corrected chi connectivity index (χ0v) is 12.2. The van der Waals surface area contributed by atoms with E-state index in [4.69, 9.17) is 5.11 Å². The second kappa shape index (κ2) is 5.78. The first-order chi connectivity index (χ1) is 9.04. The molecule has 1 rings (SSSR count). The lowest BCUT2D eigenvalue weighted by atomic mass is 9.85. The summed E-state index contributed by atoms with van der Waals surface area (Å²) in [5.41, 5.74) is -0.556. The molecule has 0 radical (unpaired) electrons. The van der Waals surface area contributed by atoms with Crippen LogP contribution in [0, 0.1) is 5.41 Å². The molecular weight excluding hydrogens is 264 g/mol. The van der Waals surface area contributed by atoms with Gasteiger partial charge in [-0.15, -0.1) is 0 Å². The number of aliphatic hydroxyl groups is 1. The van der Waals surface area contributed by atoms with Crippen molar-refractivity contribution in [3.8, 4) is 0 Å². The van der Waals surface area contributed by atoms with Gasteiger partial charge < -0.3 is 20.4 Å². The van der Waals surface area contributed by atoms with E-state index in [2.05, 4.69) is 5.32 Å². The Hall–Kier alpha value is -1.63. The molecule has 0 aromatic carbocycles. The van der Waals surface area contributed by atoms with Crippen LogP contribution in [0.25, 0.3) is 0 Å². The highest BCUT2D eigenvalue weighted by atomic mass is 16.4. The molecule has 7 heteroatoms. The summed E-state index contributed by atoms with van der Waals surface area (Å²) in [7, 11) is 0. The molecule has 1 aliphatic heterocycles. The number of carboxylic acid groups (broad SMARTS) is 1. The van der Waals surface area contributed by atoms with Crippen molar-refractivity contribution >= 4 is 17.8 Å². The molecule has 0 bridgehead atoms. The molecule has 1 fully saturated rings. The predicted molar refractivity (Wildman–Crippen MR) is 70.8 cm³/mol. The van der Waals surface area contributed by atoms with Crippen LogP contribution >= 0.6 is 0 Å². The van der Waals surface area contributed by atoms with Gasteiger partial charge in [-0.05, 0) is 5.41 Å². The summed E-state index contributed by atoms with van der Waals surface area (Å²) in [6, 6.07) is -1.87. The maximum Gasteiger partial charge on any atom is 0.326 e. The lowest BCUT2D eigenvalue weighted by Crippen LogP contribution is -2.56. The first-order valence-corrected chi connectivity index (χ1v) is 6.52. The average molecular weight is 286 g/mol. The molecule has 3 N–H and O–H groups in total. The molecule has 114 valence electrons. The quantitative estimate of drug-likeness (QED) is 0.653. The molecule has 1 saturated heterocycles. The Kier molecular flexibility index (Phi) is 4.75. The number of carbonyl (C=O) groups is 3. The molecule has 0 unspecified atom stereocenters. The summed E-state index contributed by atoms with van der Waals surface area (Å²) < 4.78 is 0. The Morgan fingerprint density at radius 1 is 1.30 bits per heavy atom. The van der Waals surface area contributed by atoms with Gasteiger partial charge in [-0.2, -0.15) is 0 Å². The van der Waals surface area contributed by atoms with Crippen LogP contribution in [0.1, 0.15) is 34.1 Å². The molecule has 0 aromatic rings. The van der Waals surface area contributed by atoms with Gasteiger partial charge in [0.25, 0.3) is 0 Å². The number of nitrogens with one attached hydrogen (secondary N) is 1. The van der Waals surface area contributed by atoms with Crippen molar-refractivity contribution in [1.29, 1.82) is 0 Å². The number of aliphatic hydroxyl groups excluding tert-OH is 1. The third kappa shape index (κ3) is 3.69. The fraction of sp³-hybridized carbons (Fsp3) is 0.769. The molecule has 0 aromatic heterocycles. The highest BCUT2D eigenvalue weighted by Gasteiger charge is 2.44. The Morgan fingerprint density at radius 3 is 2.25 bits per heavy atom. The van der Waals surface area contributed by atoms with E-state index < -0.39 is 35.5 Å². The lowest BCUT2D eigenvalue weighted by Gasteiger charge is -2.34. The van der Waals surface area contributed by atoms with Crippen LogP contribution < -0.4 is 5.32 Å². The van der Waals surface area contributed by atoms with Gasteiger partial charge in [-0.3, -0.25) is 9.59 Å². The number of aliphatic carboxylic acids is 1. The molecule has 0 aliphatic carbocycles. The van der Waals surface area contributed by atoms with E-state index in [1.165, 1.54) is 6.92 Å². The Labute approximate surface area is 117 Å². The number of amides is 2. The zero-order chi connectivity index (χ0) is 15.7. The van der Waals surface area contributed by atoms with Crippen molar-refractivity contribution in [3.63, 3.8) is 0 Å². The van der Waals surface area contributed by atoms with E-state index in [-0.39, 0.29) is 18.9 Å². The van der Waals surface area contributed by atoms with Gasteiger partial charge in [0.15, 0.2) is 0 Å². The molecule has 0 saturated carbocycles. The molecule has 7 nitrogen and oxygen atoms in total. The Bertz CT molecular complexity index is 415. The minimum absolute atomic E-state index is 0.0119. The Morgan fingerprint density at radius 2 is 1.85 bits per heavy atom.